The molecule has 0 unspecified atom stereocenters. The number of aromatic nitrogens is 2. The molecule has 0 saturated carbocycles. The van der Waals surface area contributed by atoms with Crippen LogP contribution in [0, 0.1) is 0 Å². The van der Waals surface area contributed by atoms with E-state index in [1.54, 1.807) is 31.4 Å². The van der Waals surface area contributed by atoms with Gasteiger partial charge in [-0.2, -0.15) is 0 Å². The standard InChI is InChI=1S/C21H23N5O3/c1-26(2)16-8-5-14(6-9-16)24-21-22-12-11-17(25-21)20(27)23-15-7-10-18(28-3)19(13-15)29-4/h5-13H,1-4H3,(H,23,27)(H,22,24,25). The molecule has 0 radical (unpaired) electrons. The second-order valence-corrected chi connectivity index (χ2v) is 6.36. The van der Waals surface area contributed by atoms with E-state index in [0.29, 0.717) is 23.1 Å². The Morgan fingerprint density at radius 1 is 0.931 bits per heavy atom. The summed E-state index contributed by atoms with van der Waals surface area (Å²) in [5, 5.41) is 5.90. The predicted octanol–water partition coefficient (Wildman–Crippen LogP) is 3.56. The first kappa shape index (κ1) is 19.9. The number of benzene rings is 2. The maximum absolute atomic E-state index is 12.6. The molecule has 8 heteroatoms. The number of carbonyl (C=O) groups excluding carboxylic acids is 1. The van der Waals surface area contributed by atoms with E-state index in [0.717, 1.165) is 11.4 Å². The van der Waals surface area contributed by atoms with Crippen LogP contribution in [-0.2, 0) is 0 Å². The Morgan fingerprint density at radius 3 is 2.28 bits per heavy atom. The van der Waals surface area contributed by atoms with Crippen LogP contribution in [0.5, 0.6) is 11.5 Å². The van der Waals surface area contributed by atoms with Gasteiger partial charge >= 0.3 is 0 Å². The molecular weight excluding hydrogens is 370 g/mol. The van der Waals surface area contributed by atoms with Crippen LogP contribution in [0.15, 0.2) is 54.7 Å². The molecule has 1 aromatic heterocycles. The molecule has 29 heavy (non-hydrogen) atoms. The molecule has 0 aliphatic carbocycles. The number of carbonyl (C=O) groups is 1. The van der Waals surface area contributed by atoms with Gasteiger partial charge in [-0.3, -0.25) is 4.79 Å². The molecule has 0 bridgehead atoms. The van der Waals surface area contributed by atoms with Crippen molar-refractivity contribution in [2.75, 3.05) is 43.8 Å². The van der Waals surface area contributed by atoms with E-state index in [9.17, 15) is 4.79 Å². The Hall–Kier alpha value is -3.81. The lowest BCUT2D eigenvalue weighted by molar-refractivity contribution is 0.102. The molecule has 0 atom stereocenters. The molecule has 1 amide bonds. The van der Waals surface area contributed by atoms with Crippen molar-refractivity contribution in [2.45, 2.75) is 0 Å². The van der Waals surface area contributed by atoms with Gasteiger partial charge in [0.25, 0.3) is 5.91 Å². The van der Waals surface area contributed by atoms with Gasteiger partial charge < -0.3 is 25.0 Å². The SMILES string of the molecule is COc1ccc(NC(=O)c2ccnc(Nc3ccc(N(C)C)cc3)n2)cc1OC. The number of anilines is 4. The third kappa shape index (κ3) is 4.92. The van der Waals surface area contributed by atoms with Crippen LogP contribution >= 0.6 is 0 Å². The summed E-state index contributed by atoms with van der Waals surface area (Å²) in [6.07, 6.45) is 1.53. The molecular formula is C21H23N5O3. The van der Waals surface area contributed by atoms with Crippen molar-refractivity contribution in [3.8, 4) is 11.5 Å². The number of methoxy groups -OCH3 is 2. The number of ether oxygens (including phenoxy) is 2. The van der Waals surface area contributed by atoms with Gasteiger partial charge in [0.15, 0.2) is 11.5 Å². The average Bonchev–Trinajstić information content (AvgIpc) is 2.74. The zero-order valence-electron chi connectivity index (χ0n) is 16.8. The lowest BCUT2D eigenvalue weighted by Gasteiger charge is -2.13. The van der Waals surface area contributed by atoms with Gasteiger partial charge in [0, 0.05) is 43.4 Å². The lowest BCUT2D eigenvalue weighted by atomic mass is 10.2. The van der Waals surface area contributed by atoms with Crippen molar-refractivity contribution < 1.29 is 14.3 Å². The Kier molecular flexibility index (Phi) is 6.13. The number of nitrogens with one attached hydrogen (secondary N) is 2. The third-order valence-electron chi connectivity index (χ3n) is 4.17. The van der Waals surface area contributed by atoms with Crippen LogP contribution < -0.4 is 25.0 Å². The minimum absolute atomic E-state index is 0.238. The molecule has 0 aliphatic rings. The second-order valence-electron chi connectivity index (χ2n) is 6.36. The van der Waals surface area contributed by atoms with Crippen LogP contribution in [0.1, 0.15) is 10.5 Å². The van der Waals surface area contributed by atoms with Crippen LogP contribution in [0.3, 0.4) is 0 Å². The van der Waals surface area contributed by atoms with Gasteiger partial charge in [-0.15, -0.1) is 0 Å². The van der Waals surface area contributed by atoms with Crippen molar-refractivity contribution in [2.24, 2.45) is 0 Å². The minimum atomic E-state index is -0.356. The van der Waals surface area contributed by atoms with Crippen LogP contribution in [0.4, 0.5) is 23.0 Å². The lowest BCUT2D eigenvalue weighted by Crippen LogP contribution is -2.15. The maximum Gasteiger partial charge on any atom is 0.274 e. The molecule has 3 rings (SSSR count). The monoisotopic (exact) mass is 393 g/mol. The smallest absolute Gasteiger partial charge is 0.274 e. The Morgan fingerprint density at radius 2 is 1.62 bits per heavy atom. The predicted molar refractivity (Wildman–Crippen MR) is 114 cm³/mol. The number of hydrogen-bond acceptors (Lipinski definition) is 7. The highest BCUT2D eigenvalue weighted by atomic mass is 16.5. The molecule has 2 N–H and O–H groups in total. The van der Waals surface area contributed by atoms with E-state index in [-0.39, 0.29) is 11.6 Å². The molecule has 0 saturated heterocycles. The van der Waals surface area contributed by atoms with E-state index in [1.807, 2.05) is 43.3 Å². The number of hydrogen-bond donors (Lipinski definition) is 2. The van der Waals surface area contributed by atoms with E-state index < -0.39 is 0 Å². The molecule has 150 valence electrons. The van der Waals surface area contributed by atoms with Gasteiger partial charge in [-0.05, 0) is 42.5 Å². The zero-order valence-corrected chi connectivity index (χ0v) is 16.8. The fourth-order valence-corrected chi connectivity index (χ4v) is 2.63. The fraction of sp³-hybridized carbons (Fsp3) is 0.190. The first-order valence-electron chi connectivity index (χ1n) is 8.91. The number of amides is 1. The van der Waals surface area contributed by atoms with Crippen molar-refractivity contribution in [3.63, 3.8) is 0 Å². The summed E-state index contributed by atoms with van der Waals surface area (Å²) in [5.74, 6) is 1.09. The van der Waals surface area contributed by atoms with Gasteiger partial charge in [0.05, 0.1) is 14.2 Å². The summed E-state index contributed by atoms with van der Waals surface area (Å²) in [7, 11) is 7.05. The van der Waals surface area contributed by atoms with Crippen LogP contribution in [0.25, 0.3) is 0 Å². The topological polar surface area (TPSA) is 88.6 Å². The van der Waals surface area contributed by atoms with Gasteiger partial charge in [-0.1, -0.05) is 0 Å². The quantitative estimate of drug-likeness (QED) is 0.634. The van der Waals surface area contributed by atoms with Gasteiger partial charge in [-0.25, -0.2) is 9.97 Å². The summed E-state index contributed by atoms with van der Waals surface area (Å²) in [6, 6.07) is 14.5. The molecule has 3 aromatic rings. The first-order valence-corrected chi connectivity index (χ1v) is 8.91. The minimum Gasteiger partial charge on any atom is -0.493 e. The largest absolute Gasteiger partial charge is 0.493 e. The molecule has 0 fully saturated rings. The van der Waals surface area contributed by atoms with Gasteiger partial charge in [0.2, 0.25) is 5.95 Å². The van der Waals surface area contributed by atoms with Crippen LogP contribution in [0.2, 0.25) is 0 Å². The molecule has 8 nitrogen and oxygen atoms in total. The first-order chi connectivity index (χ1) is 14.0. The highest BCUT2D eigenvalue weighted by Gasteiger charge is 2.12. The average molecular weight is 393 g/mol. The second kappa shape index (κ2) is 8.92. The zero-order chi connectivity index (χ0) is 20.8. The fourth-order valence-electron chi connectivity index (χ4n) is 2.63. The van der Waals surface area contributed by atoms with Crippen molar-refractivity contribution in [1.82, 2.24) is 9.97 Å². The number of nitrogens with zero attached hydrogens (tertiary/aromatic N) is 3. The summed E-state index contributed by atoms with van der Waals surface area (Å²) in [5.41, 5.74) is 2.72. The molecule has 0 aliphatic heterocycles. The summed E-state index contributed by atoms with van der Waals surface area (Å²) >= 11 is 0. The Bertz CT molecular complexity index is 990. The molecule has 1 heterocycles. The molecule has 2 aromatic carbocycles. The van der Waals surface area contributed by atoms with Crippen molar-refractivity contribution in [3.05, 3.63) is 60.4 Å². The van der Waals surface area contributed by atoms with E-state index in [4.69, 9.17) is 9.47 Å². The highest BCUT2D eigenvalue weighted by Crippen LogP contribution is 2.29. The summed E-state index contributed by atoms with van der Waals surface area (Å²) in [4.78, 5) is 23.1. The van der Waals surface area contributed by atoms with Crippen molar-refractivity contribution in [1.29, 1.82) is 0 Å². The molecule has 0 spiro atoms. The third-order valence-corrected chi connectivity index (χ3v) is 4.17. The maximum atomic E-state index is 12.6. The normalized spacial score (nSPS) is 10.2. The summed E-state index contributed by atoms with van der Waals surface area (Å²) < 4.78 is 10.5. The van der Waals surface area contributed by atoms with E-state index >= 15 is 0 Å². The summed E-state index contributed by atoms with van der Waals surface area (Å²) in [6.45, 7) is 0. The highest BCUT2D eigenvalue weighted by molar-refractivity contribution is 6.03. The Labute approximate surface area is 169 Å². The number of rotatable bonds is 7. The van der Waals surface area contributed by atoms with E-state index in [1.165, 1.54) is 13.3 Å². The van der Waals surface area contributed by atoms with Crippen LogP contribution in [-0.4, -0.2) is 44.2 Å². The van der Waals surface area contributed by atoms with Crippen molar-refractivity contribution >= 4 is 28.9 Å². The Balaban J connectivity index is 1.72. The van der Waals surface area contributed by atoms with E-state index in [2.05, 4.69) is 20.6 Å². The van der Waals surface area contributed by atoms with Gasteiger partial charge in [0.1, 0.15) is 5.69 Å².